The molecule has 0 fully saturated rings. The first-order valence-electron chi connectivity index (χ1n) is 6.33. The van der Waals surface area contributed by atoms with Gasteiger partial charge in [0.25, 0.3) is 0 Å². The highest BCUT2D eigenvalue weighted by atomic mass is 16.5. The number of aromatic nitrogens is 2. The smallest absolute Gasteiger partial charge is 0.357 e. The number of ether oxygens (including phenoxy) is 1. The van der Waals surface area contributed by atoms with E-state index >= 15 is 0 Å². The summed E-state index contributed by atoms with van der Waals surface area (Å²) in [7, 11) is 0. The van der Waals surface area contributed by atoms with Crippen LogP contribution in [0.25, 0.3) is 0 Å². The molecule has 0 aliphatic heterocycles. The molecule has 0 aliphatic carbocycles. The number of Topliss-reactive ketones (excluding diaryl/α,β-unsaturated/α-hetero) is 1. The number of carbonyl (C=O) groups is 2. The predicted octanol–water partition coefficient (Wildman–Crippen LogP) is 2.24. The predicted molar refractivity (Wildman–Crippen MR) is 73.4 cm³/mol. The normalized spacial score (nSPS) is 11.9. The molecular formula is C15H16N2O3. The summed E-state index contributed by atoms with van der Waals surface area (Å²) in [4.78, 5) is 26.8. The molecule has 104 valence electrons. The van der Waals surface area contributed by atoms with E-state index in [4.69, 9.17) is 4.74 Å². The molecule has 5 nitrogen and oxygen atoms in total. The van der Waals surface area contributed by atoms with E-state index in [9.17, 15) is 9.59 Å². The first kappa shape index (κ1) is 14.0. The third-order valence-electron chi connectivity index (χ3n) is 2.98. The Kier molecular flexibility index (Phi) is 4.30. The molecule has 2 aromatic rings. The summed E-state index contributed by atoms with van der Waals surface area (Å²) in [6, 6.07) is 9.74. The maximum Gasteiger partial charge on any atom is 0.357 e. The molecule has 0 saturated carbocycles. The minimum atomic E-state index is -0.541. The van der Waals surface area contributed by atoms with E-state index in [0.717, 1.165) is 5.56 Å². The van der Waals surface area contributed by atoms with Crippen LogP contribution in [0.1, 0.15) is 35.9 Å². The lowest BCUT2D eigenvalue weighted by atomic mass is 10.1. The molecule has 1 aromatic carbocycles. The van der Waals surface area contributed by atoms with Crippen LogP contribution >= 0.6 is 0 Å². The molecule has 20 heavy (non-hydrogen) atoms. The van der Waals surface area contributed by atoms with Gasteiger partial charge in [0.2, 0.25) is 0 Å². The topological polar surface area (TPSA) is 61.2 Å². The second-order valence-electron chi connectivity index (χ2n) is 4.55. The molecule has 1 atom stereocenters. The van der Waals surface area contributed by atoms with Crippen molar-refractivity contribution in [2.24, 2.45) is 0 Å². The highest BCUT2D eigenvalue weighted by Crippen LogP contribution is 2.19. The Bertz CT molecular complexity index is 605. The van der Waals surface area contributed by atoms with Crippen LogP contribution in [-0.2, 0) is 9.53 Å². The van der Waals surface area contributed by atoms with Crippen LogP contribution in [0.2, 0.25) is 0 Å². The van der Waals surface area contributed by atoms with Crippen LogP contribution in [0.15, 0.2) is 42.9 Å². The van der Waals surface area contributed by atoms with Crippen LogP contribution < -0.4 is 0 Å². The lowest BCUT2D eigenvalue weighted by molar-refractivity contribution is -0.120. The minimum absolute atomic E-state index is 0.0430. The van der Waals surface area contributed by atoms with Crippen molar-refractivity contribution in [3.8, 4) is 0 Å². The first-order chi connectivity index (χ1) is 9.59. The number of nitrogens with zero attached hydrogens (tertiary/aromatic N) is 2. The summed E-state index contributed by atoms with van der Waals surface area (Å²) in [5.74, 6) is -0.735. The van der Waals surface area contributed by atoms with E-state index in [0.29, 0.717) is 5.69 Å². The molecule has 0 radical (unpaired) electrons. The third-order valence-corrected chi connectivity index (χ3v) is 2.98. The fourth-order valence-electron chi connectivity index (χ4n) is 1.90. The molecule has 2 rings (SSSR count). The van der Waals surface area contributed by atoms with Crippen molar-refractivity contribution in [1.29, 1.82) is 0 Å². The minimum Gasteiger partial charge on any atom is -0.453 e. The lowest BCUT2D eigenvalue weighted by Crippen LogP contribution is -2.17. The molecule has 0 unspecified atom stereocenters. The number of rotatable bonds is 5. The van der Waals surface area contributed by atoms with Crippen molar-refractivity contribution < 1.29 is 14.3 Å². The van der Waals surface area contributed by atoms with Gasteiger partial charge in [-0.3, -0.25) is 4.79 Å². The quantitative estimate of drug-likeness (QED) is 0.783. The monoisotopic (exact) mass is 272 g/mol. The van der Waals surface area contributed by atoms with E-state index in [-0.39, 0.29) is 18.4 Å². The van der Waals surface area contributed by atoms with Crippen molar-refractivity contribution in [3.05, 3.63) is 54.1 Å². The van der Waals surface area contributed by atoms with Crippen molar-refractivity contribution in [2.45, 2.75) is 19.9 Å². The largest absolute Gasteiger partial charge is 0.453 e. The standard InChI is InChI=1S/C15H16N2O3/c1-11(18)9-20-15(19)14-8-16-10-17(14)12(2)13-6-4-3-5-7-13/h3-8,10,12H,9H2,1-2H3/t12-/m1/s1. The van der Waals surface area contributed by atoms with Crippen molar-refractivity contribution in [3.63, 3.8) is 0 Å². The molecule has 0 saturated heterocycles. The summed E-state index contributed by atoms with van der Waals surface area (Å²) in [6.07, 6.45) is 3.03. The Morgan fingerprint density at radius 2 is 2.00 bits per heavy atom. The van der Waals surface area contributed by atoms with Crippen molar-refractivity contribution >= 4 is 11.8 Å². The van der Waals surface area contributed by atoms with Crippen LogP contribution in [-0.4, -0.2) is 27.9 Å². The lowest BCUT2D eigenvalue weighted by Gasteiger charge is -2.16. The molecule has 5 heteroatoms. The number of hydrogen-bond acceptors (Lipinski definition) is 4. The highest BCUT2D eigenvalue weighted by molar-refractivity contribution is 5.89. The van der Waals surface area contributed by atoms with Gasteiger partial charge in [-0.05, 0) is 19.4 Å². The number of hydrogen-bond donors (Lipinski definition) is 0. The number of carbonyl (C=O) groups excluding carboxylic acids is 2. The Labute approximate surface area is 117 Å². The van der Waals surface area contributed by atoms with E-state index in [1.165, 1.54) is 13.1 Å². The summed E-state index contributed by atoms with van der Waals surface area (Å²) >= 11 is 0. The summed E-state index contributed by atoms with van der Waals surface area (Å²) in [5.41, 5.74) is 1.40. The Hall–Kier alpha value is -2.43. The zero-order chi connectivity index (χ0) is 14.5. The van der Waals surface area contributed by atoms with Crippen LogP contribution in [0.4, 0.5) is 0 Å². The fraction of sp³-hybridized carbons (Fsp3) is 0.267. The van der Waals surface area contributed by atoms with Gasteiger partial charge in [-0.1, -0.05) is 30.3 Å². The average molecular weight is 272 g/mol. The second-order valence-corrected chi connectivity index (χ2v) is 4.55. The van der Waals surface area contributed by atoms with Gasteiger partial charge in [-0.25, -0.2) is 9.78 Å². The van der Waals surface area contributed by atoms with Crippen molar-refractivity contribution in [1.82, 2.24) is 9.55 Å². The second kappa shape index (κ2) is 6.14. The van der Waals surface area contributed by atoms with E-state index in [1.54, 1.807) is 10.9 Å². The Morgan fingerprint density at radius 3 is 2.65 bits per heavy atom. The molecule has 0 bridgehead atoms. The maximum atomic E-state index is 11.9. The summed E-state index contributed by atoms with van der Waals surface area (Å²) in [6.45, 7) is 3.12. The van der Waals surface area contributed by atoms with Crippen molar-refractivity contribution in [2.75, 3.05) is 6.61 Å². The van der Waals surface area contributed by atoms with Gasteiger partial charge in [-0.15, -0.1) is 0 Å². The Balaban J connectivity index is 2.20. The highest BCUT2D eigenvalue weighted by Gasteiger charge is 2.18. The molecule has 0 amide bonds. The molecule has 0 N–H and O–H groups in total. The van der Waals surface area contributed by atoms with Crippen LogP contribution in [0, 0.1) is 0 Å². The van der Waals surface area contributed by atoms with Gasteiger partial charge >= 0.3 is 5.97 Å². The number of benzene rings is 1. The van der Waals surface area contributed by atoms with Crippen LogP contribution in [0.3, 0.4) is 0 Å². The molecule has 0 spiro atoms. The zero-order valence-electron chi connectivity index (χ0n) is 11.4. The zero-order valence-corrected chi connectivity index (χ0v) is 11.4. The summed E-state index contributed by atoms with van der Waals surface area (Å²) < 4.78 is 6.66. The van der Waals surface area contributed by atoms with Crippen LogP contribution in [0.5, 0.6) is 0 Å². The number of esters is 1. The van der Waals surface area contributed by atoms with Gasteiger partial charge in [0, 0.05) is 0 Å². The molecular weight excluding hydrogens is 256 g/mol. The average Bonchev–Trinajstić information content (AvgIpc) is 2.94. The molecule has 0 aliphatic rings. The third kappa shape index (κ3) is 3.12. The molecule has 1 heterocycles. The SMILES string of the molecule is CC(=O)COC(=O)c1cncn1[C@H](C)c1ccccc1. The molecule has 1 aromatic heterocycles. The van der Waals surface area contributed by atoms with Gasteiger partial charge in [-0.2, -0.15) is 0 Å². The van der Waals surface area contributed by atoms with Gasteiger partial charge in [0.05, 0.1) is 18.6 Å². The van der Waals surface area contributed by atoms with Gasteiger partial charge < -0.3 is 9.30 Å². The Morgan fingerprint density at radius 1 is 1.30 bits per heavy atom. The number of imidazole rings is 1. The fourth-order valence-corrected chi connectivity index (χ4v) is 1.90. The maximum absolute atomic E-state index is 11.9. The summed E-state index contributed by atoms with van der Waals surface area (Å²) in [5, 5.41) is 0. The van der Waals surface area contributed by atoms with E-state index < -0.39 is 5.97 Å². The van der Waals surface area contributed by atoms with Gasteiger partial charge in [0.15, 0.2) is 5.78 Å². The van der Waals surface area contributed by atoms with E-state index in [2.05, 4.69) is 4.98 Å². The van der Waals surface area contributed by atoms with E-state index in [1.807, 2.05) is 37.3 Å². The first-order valence-corrected chi connectivity index (χ1v) is 6.33. The number of ketones is 1. The van der Waals surface area contributed by atoms with Gasteiger partial charge in [0.1, 0.15) is 12.3 Å².